The summed E-state index contributed by atoms with van der Waals surface area (Å²) in [6, 6.07) is 10.3. The van der Waals surface area contributed by atoms with Gasteiger partial charge < -0.3 is 23.6 Å². The normalized spacial score (nSPS) is 18.1. The molecule has 0 saturated carbocycles. The number of aryl methyl sites for hydroxylation is 1. The number of halogens is 1. The number of hydrogen-bond acceptors (Lipinski definition) is 10. The number of pyridine rings is 1. The second-order valence-electron chi connectivity index (χ2n) is 9.46. The first kappa shape index (κ1) is 27.2. The van der Waals surface area contributed by atoms with E-state index in [4.69, 9.17) is 13.7 Å². The van der Waals surface area contributed by atoms with Crippen LogP contribution < -0.4 is 11.1 Å². The molecular weight excluding hydrogens is 545 g/mol. The van der Waals surface area contributed by atoms with Gasteiger partial charge in [0.1, 0.15) is 18.2 Å². The highest BCUT2D eigenvalue weighted by Crippen LogP contribution is 2.45. The van der Waals surface area contributed by atoms with Crippen molar-refractivity contribution in [3.63, 3.8) is 0 Å². The van der Waals surface area contributed by atoms with Crippen molar-refractivity contribution < 1.29 is 18.1 Å². The van der Waals surface area contributed by atoms with E-state index in [0.717, 1.165) is 27.3 Å². The first-order valence-corrected chi connectivity index (χ1v) is 13.4. The third kappa shape index (κ3) is 4.40. The van der Waals surface area contributed by atoms with Crippen LogP contribution in [0, 0.1) is 5.82 Å². The zero-order chi connectivity index (χ0) is 29.4. The maximum Gasteiger partial charge on any atom is 0.436 e. The van der Waals surface area contributed by atoms with E-state index in [2.05, 4.69) is 40.5 Å². The Balaban J connectivity index is 0.00000155. The molecule has 0 spiro atoms. The van der Waals surface area contributed by atoms with Crippen molar-refractivity contribution in [2.24, 2.45) is 7.05 Å². The zero-order valence-electron chi connectivity index (χ0n) is 23.3. The van der Waals surface area contributed by atoms with Crippen molar-refractivity contribution >= 4 is 10.9 Å². The van der Waals surface area contributed by atoms with Crippen LogP contribution in [-0.2, 0) is 30.4 Å². The lowest BCUT2D eigenvalue weighted by Crippen LogP contribution is -2.52. The average Bonchev–Trinajstić information content (AvgIpc) is 3.81. The molecular formula is C28H28FN9O4. The minimum Gasteiger partial charge on any atom is -0.389 e. The van der Waals surface area contributed by atoms with Crippen molar-refractivity contribution in [3.8, 4) is 11.4 Å². The van der Waals surface area contributed by atoms with E-state index >= 15 is 0 Å². The number of rotatable bonds is 6. The Morgan fingerprint density at radius 1 is 1.14 bits per heavy atom. The number of hydrogen-bond donors (Lipinski definition) is 3. The Bertz CT molecular complexity index is 1900. The number of aromatic amines is 2. The number of methoxy groups -OCH3 is 1. The Morgan fingerprint density at radius 2 is 1.98 bits per heavy atom. The molecule has 3 N–H and O–H groups in total. The van der Waals surface area contributed by atoms with E-state index in [1.807, 2.05) is 38.1 Å². The zero-order valence-corrected chi connectivity index (χ0v) is 23.3. The minimum absolute atomic E-state index is 0.0225. The monoisotopic (exact) mass is 573 g/mol. The number of benzene rings is 1. The molecule has 13 nitrogen and oxygen atoms in total. The lowest BCUT2D eigenvalue weighted by Gasteiger charge is -2.37. The fraction of sp³-hybridized carbons (Fsp3) is 0.286. The molecule has 6 heterocycles. The summed E-state index contributed by atoms with van der Waals surface area (Å²) in [7, 11) is 3.02. The third-order valence-electron chi connectivity index (χ3n) is 7.00. The largest absolute Gasteiger partial charge is 0.436 e. The molecule has 1 aromatic carbocycles. The van der Waals surface area contributed by atoms with Crippen LogP contribution in [0.15, 0.2) is 62.5 Å². The summed E-state index contributed by atoms with van der Waals surface area (Å²) in [6.45, 7) is 4.09. The average molecular weight is 574 g/mol. The van der Waals surface area contributed by atoms with Gasteiger partial charge in [-0.3, -0.25) is 10.3 Å². The van der Waals surface area contributed by atoms with Gasteiger partial charge in [0.05, 0.1) is 35.5 Å². The van der Waals surface area contributed by atoms with Crippen molar-refractivity contribution in [2.75, 3.05) is 7.11 Å². The maximum absolute atomic E-state index is 13.5. The fourth-order valence-corrected chi connectivity index (χ4v) is 5.19. The van der Waals surface area contributed by atoms with Crippen LogP contribution in [0.1, 0.15) is 54.6 Å². The molecule has 0 amide bonds. The number of fused-ring (bicyclic) bond motifs is 3. The second-order valence-corrected chi connectivity index (χ2v) is 9.46. The Kier molecular flexibility index (Phi) is 7.00. The van der Waals surface area contributed by atoms with Crippen LogP contribution in [-0.4, -0.2) is 47.0 Å². The first-order valence-electron chi connectivity index (χ1n) is 13.4. The summed E-state index contributed by atoms with van der Waals surface area (Å²) < 4.78 is 30.9. The highest BCUT2D eigenvalue weighted by atomic mass is 19.1. The van der Waals surface area contributed by atoms with Crippen LogP contribution in [0.3, 0.4) is 0 Å². The summed E-state index contributed by atoms with van der Waals surface area (Å²) in [5, 5.41) is 13.2. The Morgan fingerprint density at radius 3 is 2.71 bits per heavy atom. The summed E-state index contributed by atoms with van der Waals surface area (Å²) in [5.74, 6) is -0.0852. The molecule has 1 aliphatic heterocycles. The highest BCUT2D eigenvalue weighted by Gasteiger charge is 2.53. The molecule has 5 aromatic heterocycles. The molecule has 6 aromatic rings. The number of aromatic nitrogens is 8. The molecule has 0 saturated heterocycles. The molecule has 0 aliphatic carbocycles. The van der Waals surface area contributed by atoms with E-state index in [-0.39, 0.29) is 24.2 Å². The van der Waals surface area contributed by atoms with E-state index in [0.29, 0.717) is 29.3 Å². The van der Waals surface area contributed by atoms with Gasteiger partial charge in [0.15, 0.2) is 0 Å². The highest BCUT2D eigenvalue weighted by molar-refractivity contribution is 5.86. The van der Waals surface area contributed by atoms with E-state index in [1.54, 1.807) is 12.3 Å². The number of H-pyrrole nitrogens is 2. The molecule has 2 atom stereocenters. The summed E-state index contributed by atoms with van der Waals surface area (Å²) in [5.41, 5.74) is 2.14. The van der Waals surface area contributed by atoms with Crippen LogP contribution >= 0.6 is 0 Å². The predicted molar refractivity (Wildman–Crippen MR) is 148 cm³/mol. The van der Waals surface area contributed by atoms with Gasteiger partial charge in [0, 0.05) is 25.1 Å². The molecule has 1 unspecified atom stereocenters. The van der Waals surface area contributed by atoms with E-state index in [1.165, 1.54) is 20.2 Å². The SMILES string of the molecule is CC.COCc1nc(C2(c3nn(C)c(=O)o3)N[C@@H](c3ncc(-c4ccc(F)cn4)[nH]3)Cc3c2[nH]c2ccccc32)no1. The van der Waals surface area contributed by atoms with E-state index < -0.39 is 23.2 Å². The summed E-state index contributed by atoms with van der Waals surface area (Å²) in [4.78, 5) is 32.7. The quantitative estimate of drug-likeness (QED) is 0.268. The fourth-order valence-electron chi connectivity index (χ4n) is 5.19. The lowest BCUT2D eigenvalue weighted by molar-refractivity contribution is 0.151. The number of imidazole rings is 1. The molecule has 7 rings (SSSR count). The van der Waals surface area contributed by atoms with Crippen molar-refractivity contribution in [3.05, 3.63) is 99.8 Å². The van der Waals surface area contributed by atoms with Gasteiger partial charge in [-0.25, -0.2) is 14.2 Å². The van der Waals surface area contributed by atoms with Gasteiger partial charge in [-0.2, -0.15) is 9.67 Å². The number of nitrogens with zero attached hydrogens (tertiary/aromatic N) is 6. The number of ether oxygens (including phenoxy) is 1. The van der Waals surface area contributed by atoms with Crippen molar-refractivity contribution in [1.29, 1.82) is 0 Å². The third-order valence-corrected chi connectivity index (χ3v) is 7.00. The number of nitrogens with one attached hydrogen (secondary N) is 3. The van der Waals surface area contributed by atoms with Gasteiger partial charge in [-0.1, -0.05) is 37.2 Å². The minimum atomic E-state index is -1.46. The molecule has 0 bridgehead atoms. The van der Waals surface area contributed by atoms with Crippen molar-refractivity contribution in [2.45, 2.75) is 38.5 Å². The van der Waals surface area contributed by atoms with Gasteiger partial charge >= 0.3 is 5.76 Å². The first-order chi connectivity index (χ1) is 20.5. The summed E-state index contributed by atoms with van der Waals surface area (Å²) in [6.07, 6.45) is 3.29. The van der Waals surface area contributed by atoms with Crippen LogP contribution in [0.2, 0.25) is 0 Å². The van der Waals surface area contributed by atoms with Crippen LogP contribution in [0.4, 0.5) is 4.39 Å². The molecule has 14 heteroatoms. The molecule has 0 radical (unpaired) electrons. The lowest BCUT2D eigenvalue weighted by atomic mass is 9.82. The van der Waals surface area contributed by atoms with Gasteiger partial charge in [0.25, 0.3) is 11.8 Å². The molecule has 0 fully saturated rings. The van der Waals surface area contributed by atoms with Gasteiger partial charge in [0.2, 0.25) is 11.4 Å². The Hall–Kier alpha value is -4.95. The van der Waals surface area contributed by atoms with Crippen LogP contribution in [0.5, 0.6) is 0 Å². The molecule has 42 heavy (non-hydrogen) atoms. The van der Waals surface area contributed by atoms with Gasteiger partial charge in [-0.05, 0) is 30.2 Å². The maximum atomic E-state index is 13.5. The standard InChI is InChI=1S/C26H22FN9O4.C2H6/c1-36-25(37)39-24(34-36)26(23-32-20(12-38-2)40-35-23)21-15(14-5-3-4-6-16(14)30-21)9-18(33-26)22-29-11-19(31-22)17-8-7-13(27)10-28-17;1-2/h3-8,10-11,18,30,33H,9,12H2,1-2H3,(H,29,31);1-2H3/t18-,26?;/m1./s1. The van der Waals surface area contributed by atoms with Gasteiger partial charge in [-0.15, -0.1) is 5.10 Å². The predicted octanol–water partition coefficient (Wildman–Crippen LogP) is 3.51. The smallest absolute Gasteiger partial charge is 0.389 e. The second kappa shape index (κ2) is 10.8. The number of para-hydroxylation sites is 1. The summed E-state index contributed by atoms with van der Waals surface area (Å²) >= 11 is 0. The van der Waals surface area contributed by atoms with Crippen molar-refractivity contribution in [1.82, 2.24) is 45.2 Å². The molecule has 216 valence electrons. The molecule has 1 aliphatic rings. The topological polar surface area (TPSA) is 166 Å². The van der Waals surface area contributed by atoms with Crippen LogP contribution in [0.25, 0.3) is 22.3 Å². The van der Waals surface area contributed by atoms with E-state index in [9.17, 15) is 9.18 Å². The Labute approximate surface area is 238 Å².